The van der Waals surface area contributed by atoms with Crippen molar-refractivity contribution in [3.63, 3.8) is 0 Å². The monoisotopic (exact) mass is 350 g/mol. The van der Waals surface area contributed by atoms with Crippen LogP contribution >= 0.6 is 22.9 Å². The van der Waals surface area contributed by atoms with Crippen LogP contribution in [0.25, 0.3) is 0 Å². The van der Waals surface area contributed by atoms with Crippen molar-refractivity contribution in [2.75, 3.05) is 5.32 Å². The number of thiophene rings is 1. The fourth-order valence-corrected chi connectivity index (χ4v) is 2.89. The molecule has 1 atom stereocenters. The Bertz CT molecular complexity index is 699. The van der Waals surface area contributed by atoms with Crippen LogP contribution < -0.4 is 10.6 Å². The molecule has 0 fully saturated rings. The highest BCUT2D eigenvalue weighted by molar-refractivity contribution is 7.12. The third kappa shape index (κ3) is 4.56. The molecule has 0 aliphatic rings. The molecular formula is C17H19ClN2O2S. The average molecular weight is 351 g/mol. The number of halogens is 1. The van der Waals surface area contributed by atoms with Crippen LogP contribution in [0.15, 0.2) is 35.7 Å². The predicted molar refractivity (Wildman–Crippen MR) is 95.2 cm³/mol. The number of amides is 2. The number of hydrogen-bond acceptors (Lipinski definition) is 3. The fourth-order valence-electron chi connectivity index (χ4n) is 2.09. The molecule has 2 rings (SSSR count). The second-order valence-electron chi connectivity index (χ2n) is 5.62. The molecule has 0 aliphatic heterocycles. The van der Waals surface area contributed by atoms with E-state index in [9.17, 15) is 9.59 Å². The molecule has 0 unspecified atom stereocenters. The summed E-state index contributed by atoms with van der Waals surface area (Å²) in [5, 5.41) is 8.03. The Hall–Kier alpha value is -1.85. The van der Waals surface area contributed by atoms with Crippen LogP contribution in [0, 0.1) is 12.8 Å². The standard InChI is InChI=1S/C17H19ClN2O2S/c1-10(2)15(20-16(21)14-5-4-8-23-14)17(22)19-13-9-12(18)7-6-11(13)3/h4-10,15H,1-3H3,(H,19,22)(H,20,21)/t15-/m1/s1. The number of hydrogen-bond donors (Lipinski definition) is 2. The van der Waals surface area contributed by atoms with E-state index >= 15 is 0 Å². The molecule has 1 aromatic carbocycles. The van der Waals surface area contributed by atoms with Crippen molar-refractivity contribution < 1.29 is 9.59 Å². The lowest BCUT2D eigenvalue weighted by molar-refractivity contribution is -0.118. The average Bonchev–Trinajstić information content (AvgIpc) is 3.02. The van der Waals surface area contributed by atoms with E-state index in [-0.39, 0.29) is 17.7 Å². The highest BCUT2D eigenvalue weighted by Crippen LogP contribution is 2.21. The molecule has 122 valence electrons. The lowest BCUT2D eigenvalue weighted by atomic mass is 10.0. The normalized spacial score (nSPS) is 12.0. The topological polar surface area (TPSA) is 58.2 Å². The number of rotatable bonds is 5. The van der Waals surface area contributed by atoms with Crippen molar-refractivity contribution >= 4 is 40.4 Å². The molecule has 0 saturated heterocycles. The lowest BCUT2D eigenvalue weighted by Crippen LogP contribution is -2.47. The lowest BCUT2D eigenvalue weighted by Gasteiger charge is -2.22. The Kier molecular flexibility index (Phi) is 5.80. The first-order valence-corrected chi connectivity index (χ1v) is 8.55. The van der Waals surface area contributed by atoms with E-state index in [1.165, 1.54) is 11.3 Å². The summed E-state index contributed by atoms with van der Waals surface area (Å²) < 4.78 is 0. The van der Waals surface area contributed by atoms with Crippen LogP contribution in [0.1, 0.15) is 29.1 Å². The van der Waals surface area contributed by atoms with Crippen molar-refractivity contribution in [1.82, 2.24) is 5.32 Å². The van der Waals surface area contributed by atoms with E-state index in [0.717, 1.165) is 5.56 Å². The second kappa shape index (κ2) is 7.62. The summed E-state index contributed by atoms with van der Waals surface area (Å²) in [6.45, 7) is 5.67. The molecule has 1 heterocycles. The van der Waals surface area contributed by atoms with Crippen LogP contribution in [0.5, 0.6) is 0 Å². The van der Waals surface area contributed by atoms with Gasteiger partial charge in [0, 0.05) is 10.7 Å². The van der Waals surface area contributed by atoms with Gasteiger partial charge in [0.05, 0.1) is 4.88 Å². The summed E-state index contributed by atoms with van der Waals surface area (Å²) >= 11 is 7.32. The van der Waals surface area contributed by atoms with Gasteiger partial charge in [-0.3, -0.25) is 9.59 Å². The molecule has 23 heavy (non-hydrogen) atoms. The first kappa shape index (κ1) is 17.5. The Morgan fingerprint density at radius 1 is 1.22 bits per heavy atom. The molecule has 0 spiro atoms. The Balaban J connectivity index is 2.12. The molecule has 0 bridgehead atoms. The summed E-state index contributed by atoms with van der Waals surface area (Å²) in [7, 11) is 0. The molecule has 2 amide bonds. The van der Waals surface area contributed by atoms with Gasteiger partial charge in [-0.1, -0.05) is 37.6 Å². The second-order valence-corrected chi connectivity index (χ2v) is 7.01. The maximum absolute atomic E-state index is 12.6. The van der Waals surface area contributed by atoms with Gasteiger partial charge in [0.15, 0.2) is 0 Å². The number of carbonyl (C=O) groups excluding carboxylic acids is 2. The Labute approximate surface area is 144 Å². The van der Waals surface area contributed by atoms with Gasteiger partial charge in [-0.15, -0.1) is 11.3 Å². The molecule has 1 aromatic heterocycles. The van der Waals surface area contributed by atoms with Crippen LogP contribution in [-0.4, -0.2) is 17.9 Å². The summed E-state index contributed by atoms with van der Waals surface area (Å²) in [6, 6.07) is 8.23. The zero-order valence-corrected chi connectivity index (χ0v) is 14.8. The van der Waals surface area contributed by atoms with E-state index in [2.05, 4.69) is 10.6 Å². The highest BCUT2D eigenvalue weighted by Gasteiger charge is 2.25. The van der Waals surface area contributed by atoms with Gasteiger partial charge in [-0.2, -0.15) is 0 Å². The number of benzene rings is 1. The quantitative estimate of drug-likeness (QED) is 0.852. The molecule has 0 saturated carbocycles. The third-order valence-electron chi connectivity index (χ3n) is 3.44. The Morgan fingerprint density at radius 2 is 1.96 bits per heavy atom. The van der Waals surface area contributed by atoms with Crippen molar-refractivity contribution in [1.29, 1.82) is 0 Å². The van der Waals surface area contributed by atoms with Gasteiger partial charge in [0.25, 0.3) is 5.91 Å². The fraction of sp³-hybridized carbons (Fsp3) is 0.294. The Morgan fingerprint density at radius 3 is 2.57 bits per heavy atom. The molecule has 6 heteroatoms. The molecule has 0 radical (unpaired) electrons. The van der Waals surface area contributed by atoms with Gasteiger partial charge in [-0.05, 0) is 42.0 Å². The minimum Gasteiger partial charge on any atom is -0.339 e. The van der Waals surface area contributed by atoms with E-state index < -0.39 is 6.04 Å². The van der Waals surface area contributed by atoms with Crippen LogP contribution in [0.3, 0.4) is 0 Å². The largest absolute Gasteiger partial charge is 0.339 e. The molecule has 4 nitrogen and oxygen atoms in total. The molecule has 0 aliphatic carbocycles. The highest BCUT2D eigenvalue weighted by atomic mass is 35.5. The molecular weight excluding hydrogens is 332 g/mol. The minimum atomic E-state index is -0.622. The zero-order chi connectivity index (χ0) is 17.0. The van der Waals surface area contributed by atoms with Crippen LogP contribution in [-0.2, 0) is 4.79 Å². The van der Waals surface area contributed by atoms with E-state index in [0.29, 0.717) is 15.6 Å². The van der Waals surface area contributed by atoms with Crippen molar-refractivity contribution in [2.24, 2.45) is 5.92 Å². The molecule has 2 aromatic rings. The van der Waals surface area contributed by atoms with E-state index in [1.807, 2.05) is 32.2 Å². The van der Waals surface area contributed by atoms with Crippen molar-refractivity contribution in [3.8, 4) is 0 Å². The van der Waals surface area contributed by atoms with E-state index in [4.69, 9.17) is 11.6 Å². The summed E-state index contributed by atoms with van der Waals surface area (Å²) in [5.41, 5.74) is 1.56. The van der Waals surface area contributed by atoms with Gasteiger partial charge < -0.3 is 10.6 Å². The summed E-state index contributed by atoms with van der Waals surface area (Å²) in [6.07, 6.45) is 0. The zero-order valence-electron chi connectivity index (χ0n) is 13.2. The van der Waals surface area contributed by atoms with Crippen LogP contribution in [0.2, 0.25) is 5.02 Å². The van der Waals surface area contributed by atoms with Crippen LogP contribution in [0.4, 0.5) is 5.69 Å². The molecule has 2 N–H and O–H groups in total. The minimum absolute atomic E-state index is 0.0431. The number of aryl methyl sites for hydroxylation is 1. The first-order valence-electron chi connectivity index (χ1n) is 7.30. The first-order chi connectivity index (χ1) is 10.9. The number of carbonyl (C=O) groups is 2. The van der Waals surface area contributed by atoms with Gasteiger partial charge >= 0.3 is 0 Å². The maximum atomic E-state index is 12.6. The summed E-state index contributed by atoms with van der Waals surface area (Å²) in [4.78, 5) is 25.3. The van der Waals surface area contributed by atoms with Gasteiger partial charge in [0.2, 0.25) is 5.91 Å². The summed E-state index contributed by atoms with van der Waals surface area (Å²) in [5.74, 6) is -0.537. The van der Waals surface area contributed by atoms with Gasteiger partial charge in [-0.25, -0.2) is 0 Å². The van der Waals surface area contributed by atoms with Gasteiger partial charge in [0.1, 0.15) is 6.04 Å². The maximum Gasteiger partial charge on any atom is 0.262 e. The predicted octanol–water partition coefficient (Wildman–Crippen LogP) is 4.10. The number of nitrogens with one attached hydrogen (secondary N) is 2. The van der Waals surface area contributed by atoms with Crippen molar-refractivity contribution in [2.45, 2.75) is 26.8 Å². The third-order valence-corrected chi connectivity index (χ3v) is 4.54. The number of anilines is 1. The smallest absolute Gasteiger partial charge is 0.262 e. The van der Waals surface area contributed by atoms with Crippen molar-refractivity contribution in [3.05, 3.63) is 51.2 Å². The SMILES string of the molecule is Cc1ccc(Cl)cc1NC(=O)[C@H](NC(=O)c1cccs1)C(C)C. The van der Waals surface area contributed by atoms with E-state index in [1.54, 1.807) is 24.3 Å².